The number of ether oxygens (including phenoxy) is 2. The summed E-state index contributed by atoms with van der Waals surface area (Å²) in [6.45, 7) is 7.60. The number of carbonyl (C=O) groups is 2. The summed E-state index contributed by atoms with van der Waals surface area (Å²) in [4.78, 5) is 24.0. The van der Waals surface area contributed by atoms with Gasteiger partial charge in [-0.15, -0.1) is 0 Å². The summed E-state index contributed by atoms with van der Waals surface area (Å²) in [5, 5.41) is 6.09. The highest BCUT2D eigenvalue weighted by Gasteiger charge is 2.52. The summed E-state index contributed by atoms with van der Waals surface area (Å²) in [6, 6.07) is 0. The smallest absolute Gasteiger partial charge is 0.407 e. The number of amides is 1. The Bertz CT molecular complexity index is 404. The Kier molecular flexibility index (Phi) is 4.46. The standard InChI is InChI=1S/C15H26N2O4/c1-14(2,3)21-13(19)17-9-15(12(18)20-4)5-10-7-16-8-11(10)6-15/h10-11,16H,5-9H2,1-4H3,(H,17,19). The van der Waals surface area contributed by atoms with Crippen molar-refractivity contribution >= 4 is 12.1 Å². The van der Waals surface area contributed by atoms with Crippen LogP contribution in [0.3, 0.4) is 0 Å². The molecule has 2 rings (SSSR count). The number of esters is 1. The van der Waals surface area contributed by atoms with Crippen LogP contribution in [0.2, 0.25) is 0 Å². The van der Waals surface area contributed by atoms with Gasteiger partial charge in [0.25, 0.3) is 0 Å². The van der Waals surface area contributed by atoms with E-state index >= 15 is 0 Å². The molecule has 2 aliphatic rings. The Morgan fingerprint density at radius 2 is 1.81 bits per heavy atom. The SMILES string of the molecule is COC(=O)C1(CNC(=O)OC(C)(C)C)CC2CNCC2C1. The second kappa shape index (κ2) is 5.83. The van der Waals surface area contributed by atoms with Crippen LogP contribution in [-0.2, 0) is 14.3 Å². The Morgan fingerprint density at radius 3 is 2.29 bits per heavy atom. The van der Waals surface area contributed by atoms with Crippen LogP contribution < -0.4 is 10.6 Å². The monoisotopic (exact) mass is 298 g/mol. The van der Waals surface area contributed by atoms with E-state index in [-0.39, 0.29) is 12.5 Å². The van der Waals surface area contributed by atoms with Gasteiger partial charge in [0, 0.05) is 6.54 Å². The van der Waals surface area contributed by atoms with Crippen molar-refractivity contribution in [2.75, 3.05) is 26.7 Å². The molecule has 21 heavy (non-hydrogen) atoms. The zero-order valence-electron chi connectivity index (χ0n) is 13.3. The Hall–Kier alpha value is -1.30. The van der Waals surface area contributed by atoms with Crippen molar-refractivity contribution in [3.63, 3.8) is 0 Å². The summed E-state index contributed by atoms with van der Waals surface area (Å²) >= 11 is 0. The van der Waals surface area contributed by atoms with Gasteiger partial charge in [0.1, 0.15) is 5.60 Å². The molecule has 2 N–H and O–H groups in total. The maximum Gasteiger partial charge on any atom is 0.407 e. The van der Waals surface area contributed by atoms with Crippen LogP contribution in [0.25, 0.3) is 0 Å². The predicted octanol–water partition coefficient (Wildman–Crippen LogP) is 1.30. The van der Waals surface area contributed by atoms with Crippen LogP contribution in [0.4, 0.5) is 4.79 Å². The topological polar surface area (TPSA) is 76.7 Å². The summed E-state index contributed by atoms with van der Waals surface area (Å²) in [5.41, 5.74) is -1.15. The maximum absolute atomic E-state index is 12.2. The van der Waals surface area contributed by atoms with Gasteiger partial charge in [-0.05, 0) is 58.5 Å². The molecule has 2 fully saturated rings. The minimum Gasteiger partial charge on any atom is -0.469 e. The lowest BCUT2D eigenvalue weighted by Crippen LogP contribution is -2.44. The van der Waals surface area contributed by atoms with Crippen LogP contribution in [0.1, 0.15) is 33.6 Å². The zero-order valence-corrected chi connectivity index (χ0v) is 13.3. The van der Waals surface area contributed by atoms with Gasteiger partial charge < -0.3 is 20.1 Å². The molecule has 0 bridgehead atoms. The van der Waals surface area contributed by atoms with Gasteiger partial charge in [0.15, 0.2) is 0 Å². The third-order valence-electron chi connectivity index (χ3n) is 4.37. The van der Waals surface area contributed by atoms with E-state index in [2.05, 4.69) is 10.6 Å². The zero-order chi connectivity index (χ0) is 15.7. The number of carbonyl (C=O) groups excluding carboxylic acids is 2. The largest absolute Gasteiger partial charge is 0.469 e. The fourth-order valence-electron chi connectivity index (χ4n) is 3.51. The van der Waals surface area contributed by atoms with E-state index in [4.69, 9.17) is 9.47 Å². The van der Waals surface area contributed by atoms with Crippen molar-refractivity contribution in [3.8, 4) is 0 Å². The van der Waals surface area contributed by atoms with Gasteiger partial charge in [-0.1, -0.05) is 0 Å². The molecule has 0 aromatic carbocycles. The van der Waals surface area contributed by atoms with E-state index < -0.39 is 17.1 Å². The first kappa shape index (κ1) is 16.1. The highest BCUT2D eigenvalue weighted by atomic mass is 16.6. The summed E-state index contributed by atoms with van der Waals surface area (Å²) in [6.07, 6.45) is 1.03. The number of nitrogens with one attached hydrogen (secondary N) is 2. The van der Waals surface area contributed by atoms with Gasteiger partial charge >= 0.3 is 12.1 Å². The van der Waals surface area contributed by atoms with Crippen LogP contribution in [0.5, 0.6) is 0 Å². The van der Waals surface area contributed by atoms with Crippen LogP contribution in [-0.4, -0.2) is 44.4 Å². The Labute approximate surface area is 125 Å². The second-order valence-corrected chi connectivity index (χ2v) is 7.21. The molecule has 6 heteroatoms. The first-order valence-electron chi connectivity index (χ1n) is 7.52. The number of rotatable bonds is 3. The third-order valence-corrected chi connectivity index (χ3v) is 4.37. The number of methoxy groups -OCH3 is 1. The van der Waals surface area contributed by atoms with Crippen molar-refractivity contribution in [3.05, 3.63) is 0 Å². The lowest BCUT2D eigenvalue weighted by atomic mass is 9.84. The quantitative estimate of drug-likeness (QED) is 0.768. The molecule has 6 nitrogen and oxygen atoms in total. The highest BCUT2D eigenvalue weighted by molar-refractivity contribution is 5.78. The highest BCUT2D eigenvalue weighted by Crippen LogP contribution is 2.47. The molecule has 0 aromatic heterocycles. The fraction of sp³-hybridized carbons (Fsp3) is 0.867. The average molecular weight is 298 g/mol. The summed E-state index contributed by atoms with van der Waals surface area (Å²) in [5.74, 6) is 0.752. The molecule has 1 saturated heterocycles. The van der Waals surface area contributed by atoms with E-state index in [1.54, 1.807) is 0 Å². The van der Waals surface area contributed by atoms with E-state index in [0.29, 0.717) is 11.8 Å². The molecular weight excluding hydrogens is 272 g/mol. The minimum atomic E-state index is -0.608. The summed E-state index contributed by atoms with van der Waals surface area (Å²) < 4.78 is 10.2. The first-order chi connectivity index (χ1) is 9.76. The number of alkyl carbamates (subject to hydrolysis) is 1. The van der Waals surface area contributed by atoms with Crippen molar-refractivity contribution in [2.45, 2.75) is 39.2 Å². The van der Waals surface area contributed by atoms with Crippen LogP contribution in [0.15, 0.2) is 0 Å². The molecule has 1 saturated carbocycles. The number of hydrogen-bond donors (Lipinski definition) is 2. The minimum absolute atomic E-state index is 0.229. The second-order valence-electron chi connectivity index (χ2n) is 7.21. The normalized spacial score (nSPS) is 31.6. The summed E-state index contributed by atoms with van der Waals surface area (Å²) in [7, 11) is 1.41. The average Bonchev–Trinajstić information content (AvgIpc) is 2.92. The third kappa shape index (κ3) is 3.67. The predicted molar refractivity (Wildman–Crippen MR) is 77.8 cm³/mol. The van der Waals surface area contributed by atoms with E-state index in [1.165, 1.54) is 7.11 Å². The van der Waals surface area contributed by atoms with Gasteiger partial charge in [-0.25, -0.2) is 4.79 Å². The van der Waals surface area contributed by atoms with Crippen molar-refractivity contribution in [2.24, 2.45) is 17.3 Å². The number of hydrogen-bond acceptors (Lipinski definition) is 5. The molecule has 1 heterocycles. The molecule has 1 aliphatic carbocycles. The molecule has 0 spiro atoms. The van der Waals surface area contributed by atoms with Crippen LogP contribution in [0, 0.1) is 17.3 Å². The van der Waals surface area contributed by atoms with Crippen molar-refractivity contribution in [1.29, 1.82) is 0 Å². The van der Waals surface area contributed by atoms with E-state index in [9.17, 15) is 9.59 Å². The van der Waals surface area contributed by atoms with Crippen molar-refractivity contribution < 1.29 is 19.1 Å². The van der Waals surface area contributed by atoms with E-state index in [1.807, 2.05) is 20.8 Å². The molecule has 1 amide bonds. The van der Waals surface area contributed by atoms with Crippen LogP contribution >= 0.6 is 0 Å². The van der Waals surface area contributed by atoms with E-state index in [0.717, 1.165) is 25.9 Å². The molecule has 0 aromatic rings. The molecule has 2 unspecified atom stereocenters. The fourth-order valence-corrected chi connectivity index (χ4v) is 3.51. The Balaban J connectivity index is 1.99. The molecule has 2 atom stereocenters. The molecule has 120 valence electrons. The molecule has 1 aliphatic heterocycles. The lowest BCUT2D eigenvalue weighted by Gasteiger charge is -2.28. The Morgan fingerprint density at radius 1 is 1.24 bits per heavy atom. The van der Waals surface area contributed by atoms with Gasteiger partial charge in [0.05, 0.1) is 12.5 Å². The van der Waals surface area contributed by atoms with Crippen molar-refractivity contribution in [1.82, 2.24) is 10.6 Å². The first-order valence-corrected chi connectivity index (χ1v) is 7.52. The molecular formula is C15H26N2O4. The van der Waals surface area contributed by atoms with Gasteiger partial charge in [-0.3, -0.25) is 4.79 Å². The molecule has 0 radical (unpaired) electrons. The van der Waals surface area contributed by atoms with Gasteiger partial charge in [0.2, 0.25) is 0 Å². The van der Waals surface area contributed by atoms with Gasteiger partial charge in [-0.2, -0.15) is 0 Å². The maximum atomic E-state index is 12.2. The lowest BCUT2D eigenvalue weighted by molar-refractivity contribution is -0.152. The number of fused-ring (bicyclic) bond motifs is 1.